The van der Waals surface area contributed by atoms with Crippen molar-refractivity contribution in [3.8, 4) is 5.75 Å². The van der Waals surface area contributed by atoms with E-state index in [1.54, 1.807) is 0 Å². The summed E-state index contributed by atoms with van der Waals surface area (Å²) in [7, 11) is 0. The number of ether oxygens (including phenoxy) is 1. The fourth-order valence-electron chi connectivity index (χ4n) is 2.24. The van der Waals surface area contributed by atoms with Crippen LogP contribution in [0.4, 0.5) is 0 Å². The maximum Gasteiger partial charge on any atom is 0.242 e. The molecule has 4 nitrogen and oxygen atoms in total. The third-order valence-corrected chi connectivity index (χ3v) is 3.92. The van der Waals surface area contributed by atoms with Crippen LogP contribution in [0.15, 0.2) is 59.3 Å². The Morgan fingerprint density at radius 3 is 2.68 bits per heavy atom. The molecule has 0 fully saturated rings. The lowest BCUT2D eigenvalue weighted by molar-refractivity contribution is -0.678. The summed E-state index contributed by atoms with van der Waals surface area (Å²) < 4.78 is 8.51. The van der Waals surface area contributed by atoms with E-state index in [2.05, 4.69) is 20.9 Å². The molecule has 116 valence electrons. The molecule has 0 saturated heterocycles. The number of para-hydroxylation sites is 3. The Hall–Kier alpha value is -1.56. The third-order valence-electron chi connectivity index (χ3n) is 3.26. The highest BCUT2D eigenvalue weighted by Crippen LogP contribution is 2.23. The molecule has 22 heavy (non-hydrogen) atoms. The number of benzene rings is 2. The molecule has 0 aliphatic rings. The van der Waals surface area contributed by atoms with E-state index in [0.29, 0.717) is 6.54 Å². The van der Waals surface area contributed by atoms with Gasteiger partial charge in [-0.25, -0.2) is 9.55 Å². The Morgan fingerprint density at radius 2 is 1.86 bits per heavy atom. The summed E-state index contributed by atoms with van der Waals surface area (Å²) >= 11 is 3.42. The summed E-state index contributed by atoms with van der Waals surface area (Å²) in [5, 5.41) is 10.2. The molecular weight excluding hydrogens is 368 g/mol. The maximum absolute atomic E-state index is 10.2. The summed E-state index contributed by atoms with van der Waals surface area (Å²) in [4.78, 5) is 3.18. The van der Waals surface area contributed by atoms with Gasteiger partial charge in [0.15, 0.2) is 11.0 Å². The number of nitrogens with zero attached hydrogens (tertiary/aromatic N) is 1. The smallest absolute Gasteiger partial charge is 0.242 e. The Balaban J connectivity index is 0.00000176. The topological polar surface area (TPSA) is 49.1 Å². The van der Waals surface area contributed by atoms with E-state index < -0.39 is 6.10 Å². The first-order valence-electron chi connectivity index (χ1n) is 6.75. The van der Waals surface area contributed by atoms with Crippen LogP contribution >= 0.6 is 15.9 Å². The summed E-state index contributed by atoms with van der Waals surface area (Å²) in [6.45, 7) is 0.726. The standard InChI is InChI=1S/C16H15BrN2O2.ClH/c17-13-5-1-4-8-16(13)21-10-12(20)9-19-11-18-14-6-2-3-7-15(14)19;/h1-8,11-12,20H,9-10H2;1H. The van der Waals surface area contributed by atoms with Crippen molar-refractivity contribution in [2.24, 2.45) is 0 Å². The fraction of sp³-hybridized carbons (Fsp3) is 0.188. The predicted octanol–water partition coefficient (Wildman–Crippen LogP) is -0.338. The monoisotopic (exact) mass is 382 g/mol. The number of halogens is 2. The lowest BCUT2D eigenvalue weighted by Gasteiger charge is -2.12. The number of rotatable bonds is 5. The number of aromatic nitrogens is 2. The molecule has 2 aromatic carbocycles. The molecule has 0 aliphatic carbocycles. The SMILES string of the molecule is OC(COc1ccccc1Br)C[n+]1c[nH]c2ccccc21.[Cl-]. The maximum atomic E-state index is 10.2. The van der Waals surface area contributed by atoms with Gasteiger partial charge in [-0.15, -0.1) is 0 Å². The molecule has 0 saturated carbocycles. The minimum absolute atomic E-state index is 0. The predicted molar refractivity (Wildman–Crippen MR) is 84.1 cm³/mol. The summed E-state index contributed by atoms with van der Waals surface area (Å²) in [6, 6.07) is 15.6. The van der Waals surface area contributed by atoms with Gasteiger partial charge in [-0.3, -0.25) is 0 Å². The minimum atomic E-state index is -0.582. The molecule has 1 heterocycles. The van der Waals surface area contributed by atoms with Gasteiger partial charge in [-0.1, -0.05) is 24.3 Å². The number of aliphatic hydroxyl groups excluding tert-OH is 1. The Labute approximate surface area is 143 Å². The van der Waals surface area contributed by atoms with Crippen LogP contribution in [-0.4, -0.2) is 22.8 Å². The molecule has 1 aromatic heterocycles. The first-order valence-corrected chi connectivity index (χ1v) is 7.54. The van der Waals surface area contributed by atoms with Crippen molar-refractivity contribution in [2.75, 3.05) is 6.61 Å². The van der Waals surface area contributed by atoms with Crippen LogP contribution in [0.1, 0.15) is 0 Å². The molecule has 0 spiro atoms. The molecular formula is C16H16BrClN2O2. The van der Waals surface area contributed by atoms with E-state index in [1.165, 1.54) is 0 Å². The Kier molecular flexibility index (Phi) is 5.83. The second kappa shape index (κ2) is 7.63. The fourth-order valence-corrected chi connectivity index (χ4v) is 2.64. The van der Waals surface area contributed by atoms with E-state index in [4.69, 9.17) is 4.74 Å². The van der Waals surface area contributed by atoms with Crippen molar-refractivity contribution in [3.05, 3.63) is 59.3 Å². The van der Waals surface area contributed by atoms with E-state index >= 15 is 0 Å². The molecule has 2 N–H and O–H groups in total. The molecule has 6 heteroatoms. The molecule has 1 atom stereocenters. The number of aliphatic hydroxyl groups is 1. The first kappa shape index (κ1) is 16.8. The second-order valence-corrected chi connectivity index (χ2v) is 5.69. The molecule has 0 aliphatic heterocycles. The zero-order valence-electron chi connectivity index (χ0n) is 11.7. The first-order chi connectivity index (χ1) is 10.2. The van der Waals surface area contributed by atoms with Crippen molar-refractivity contribution in [2.45, 2.75) is 12.6 Å². The number of imidazole rings is 1. The van der Waals surface area contributed by atoms with Crippen LogP contribution < -0.4 is 21.7 Å². The van der Waals surface area contributed by atoms with Gasteiger partial charge in [0.05, 0.1) is 4.47 Å². The number of H-pyrrole nitrogens is 1. The van der Waals surface area contributed by atoms with E-state index in [0.717, 1.165) is 21.3 Å². The average molecular weight is 384 g/mol. The van der Waals surface area contributed by atoms with Gasteiger partial charge in [0.1, 0.15) is 25.0 Å². The summed E-state index contributed by atoms with van der Waals surface area (Å²) in [5.74, 6) is 0.737. The van der Waals surface area contributed by atoms with E-state index in [-0.39, 0.29) is 19.0 Å². The molecule has 0 amide bonds. The average Bonchev–Trinajstić information content (AvgIpc) is 2.90. The quantitative estimate of drug-likeness (QED) is 0.593. The second-order valence-electron chi connectivity index (χ2n) is 4.84. The number of aromatic amines is 1. The summed E-state index contributed by atoms with van der Waals surface area (Å²) in [5.41, 5.74) is 2.12. The molecule has 3 rings (SSSR count). The number of hydrogen-bond donors (Lipinski definition) is 2. The normalized spacial score (nSPS) is 11.9. The highest BCUT2D eigenvalue weighted by Gasteiger charge is 2.14. The van der Waals surface area contributed by atoms with Crippen molar-refractivity contribution < 1.29 is 26.8 Å². The van der Waals surface area contributed by atoms with Gasteiger partial charge in [-0.2, -0.15) is 0 Å². The van der Waals surface area contributed by atoms with E-state index in [1.807, 2.05) is 59.4 Å². The van der Waals surface area contributed by atoms with Gasteiger partial charge in [-0.05, 0) is 40.2 Å². The number of nitrogens with one attached hydrogen (secondary N) is 1. The van der Waals surface area contributed by atoms with Crippen molar-refractivity contribution in [3.63, 3.8) is 0 Å². The van der Waals surface area contributed by atoms with E-state index in [9.17, 15) is 5.11 Å². The largest absolute Gasteiger partial charge is 1.00 e. The zero-order chi connectivity index (χ0) is 14.7. The zero-order valence-corrected chi connectivity index (χ0v) is 14.1. The lowest BCUT2D eigenvalue weighted by Crippen LogP contribution is -3.00. The van der Waals surface area contributed by atoms with Crippen LogP contribution in [0.5, 0.6) is 5.75 Å². The molecule has 0 bridgehead atoms. The van der Waals surface area contributed by atoms with Gasteiger partial charge >= 0.3 is 0 Å². The minimum Gasteiger partial charge on any atom is -1.00 e. The van der Waals surface area contributed by atoms with Gasteiger partial charge in [0.25, 0.3) is 0 Å². The van der Waals surface area contributed by atoms with Crippen LogP contribution in [0.2, 0.25) is 0 Å². The number of fused-ring (bicyclic) bond motifs is 1. The van der Waals surface area contributed by atoms with Crippen molar-refractivity contribution in [1.82, 2.24) is 4.98 Å². The third kappa shape index (κ3) is 3.80. The van der Waals surface area contributed by atoms with Gasteiger partial charge in [0.2, 0.25) is 6.33 Å². The van der Waals surface area contributed by atoms with Crippen LogP contribution in [-0.2, 0) is 6.54 Å². The molecule has 3 aromatic rings. The van der Waals surface area contributed by atoms with Crippen molar-refractivity contribution in [1.29, 1.82) is 0 Å². The van der Waals surface area contributed by atoms with Crippen LogP contribution in [0, 0.1) is 0 Å². The molecule has 0 radical (unpaired) electrons. The Bertz CT molecular complexity index is 748. The summed E-state index contributed by atoms with van der Waals surface area (Å²) in [6.07, 6.45) is 1.29. The van der Waals surface area contributed by atoms with Gasteiger partial charge in [0, 0.05) is 0 Å². The van der Waals surface area contributed by atoms with Crippen LogP contribution in [0.3, 0.4) is 0 Å². The lowest BCUT2D eigenvalue weighted by atomic mass is 10.3. The number of hydrogen-bond acceptors (Lipinski definition) is 2. The highest BCUT2D eigenvalue weighted by atomic mass is 79.9. The Morgan fingerprint density at radius 1 is 1.14 bits per heavy atom. The van der Waals surface area contributed by atoms with Crippen LogP contribution in [0.25, 0.3) is 11.0 Å². The highest BCUT2D eigenvalue weighted by molar-refractivity contribution is 9.10. The molecule has 1 unspecified atom stereocenters. The van der Waals surface area contributed by atoms with Gasteiger partial charge < -0.3 is 22.3 Å². The van der Waals surface area contributed by atoms with Crippen molar-refractivity contribution >= 4 is 27.0 Å².